The van der Waals surface area contributed by atoms with Crippen molar-refractivity contribution in [2.75, 3.05) is 45.3 Å². The first kappa shape index (κ1) is 23.2. The summed E-state index contributed by atoms with van der Waals surface area (Å²) in [6.07, 6.45) is 2.74. The van der Waals surface area contributed by atoms with Crippen molar-refractivity contribution in [3.8, 4) is 11.4 Å². The molecule has 35 heavy (non-hydrogen) atoms. The Morgan fingerprint density at radius 1 is 1.14 bits per heavy atom. The fourth-order valence-electron chi connectivity index (χ4n) is 3.79. The number of fused-ring (bicyclic) bond motifs is 1. The monoisotopic (exact) mass is 496 g/mol. The second kappa shape index (κ2) is 9.23. The number of hydrogen-bond donors (Lipinski definition) is 2. The molecule has 0 unspecified atom stereocenters. The summed E-state index contributed by atoms with van der Waals surface area (Å²) in [7, 11) is 3.88. The average Bonchev–Trinajstić information content (AvgIpc) is 3.34. The van der Waals surface area contributed by atoms with Crippen molar-refractivity contribution < 1.29 is 19.1 Å². The number of benzene rings is 1. The lowest BCUT2D eigenvalue weighted by Crippen LogP contribution is -2.37. The number of nitrogens with one attached hydrogen (secondary N) is 1. The molecule has 2 N–H and O–H groups in total. The number of rotatable bonds is 5. The fraction of sp³-hybridized carbons (Fsp3) is 0.261. The Labute approximate surface area is 204 Å². The molecule has 1 saturated heterocycles. The van der Waals surface area contributed by atoms with Crippen molar-refractivity contribution in [1.82, 2.24) is 29.9 Å². The molecule has 0 radical (unpaired) electrons. The predicted octanol–water partition coefficient (Wildman–Crippen LogP) is 3.14. The molecule has 1 aromatic carbocycles. The number of carbonyl (C=O) groups excluding carboxylic acids is 1. The molecule has 10 nitrogen and oxygen atoms in total. The molecule has 0 atom stereocenters. The lowest BCUT2D eigenvalue weighted by molar-refractivity contribution is 0.0705. The second-order valence-corrected chi connectivity index (χ2v) is 9.47. The van der Waals surface area contributed by atoms with Crippen LogP contribution in [0.15, 0.2) is 42.7 Å². The molecule has 3 aromatic heterocycles. The third-order valence-corrected chi connectivity index (χ3v) is 7.19. The highest BCUT2D eigenvalue weighted by Gasteiger charge is 2.31. The quantitative estimate of drug-likeness (QED) is 0.246. The normalized spacial score (nSPS) is 14.3. The van der Waals surface area contributed by atoms with E-state index in [1.165, 1.54) is 24.5 Å². The Kier molecular flexibility index (Phi) is 6.11. The van der Waals surface area contributed by atoms with Gasteiger partial charge in [0.2, 0.25) is 0 Å². The van der Waals surface area contributed by atoms with E-state index < -0.39 is 5.91 Å². The van der Waals surface area contributed by atoms with E-state index in [1.54, 1.807) is 28.9 Å². The first-order chi connectivity index (χ1) is 16.9. The standard InChI is InChI=1S/C23H22FN7O3S/c1-31(2,23-25-12-15(13-26-23)22(32)29-33)18-11-17-19(35-18)21(30-7-9-34-10-8-30)28-20(27-17)14-3-5-16(24)6-4-14/h3-6,11-13H,7-10H2,1-2H3,(H-,29,32,33)/p+1. The summed E-state index contributed by atoms with van der Waals surface area (Å²) in [6.45, 7) is 2.63. The lowest BCUT2D eigenvalue weighted by Gasteiger charge is -2.28. The van der Waals surface area contributed by atoms with Crippen molar-refractivity contribution >= 4 is 44.2 Å². The predicted molar refractivity (Wildman–Crippen MR) is 130 cm³/mol. The van der Waals surface area contributed by atoms with Crippen LogP contribution in [-0.2, 0) is 4.74 Å². The van der Waals surface area contributed by atoms with Crippen LogP contribution in [0.4, 0.5) is 21.2 Å². The molecule has 4 aromatic rings. The number of carbonyl (C=O) groups is 1. The van der Waals surface area contributed by atoms with Gasteiger partial charge in [0.15, 0.2) is 16.6 Å². The van der Waals surface area contributed by atoms with E-state index in [9.17, 15) is 9.18 Å². The van der Waals surface area contributed by atoms with Crippen molar-refractivity contribution in [3.63, 3.8) is 0 Å². The van der Waals surface area contributed by atoms with E-state index in [0.717, 1.165) is 26.6 Å². The Hall–Kier alpha value is -3.58. The first-order valence-electron chi connectivity index (χ1n) is 10.9. The molecule has 1 aliphatic heterocycles. The number of ether oxygens (including phenoxy) is 1. The molecule has 180 valence electrons. The number of nitrogens with zero attached hydrogens (tertiary/aromatic N) is 6. The summed E-state index contributed by atoms with van der Waals surface area (Å²) in [5.74, 6) is 0.796. The number of aromatic nitrogens is 4. The highest BCUT2D eigenvalue weighted by molar-refractivity contribution is 7.23. The van der Waals surface area contributed by atoms with E-state index in [0.29, 0.717) is 38.1 Å². The summed E-state index contributed by atoms with van der Waals surface area (Å²) >= 11 is 1.55. The molecular weight excluding hydrogens is 473 g/mol. The highest BCUT2D eigenvalue weighted by atomic mass is 32.1. The maximum Gasteiger partial charge on any atom is 0.334 e. The lowest BCUT2D eigenvalue weighted by atomic mass is 10.2. The molecule has 4 heterocycles. The van der Waals surface area contributed by atoms with Crippen LogP contribution in [0.2, 0.25) is 0 Å². The molecule has 0 saturated carbocycles. The maximum atomic E-state index is 13.5. The molecule has 1 fully saturated rings. The molecule has 0 aliphatic carbocycles. The van der Waals surface area contributed by atoms with Gasteiger partial charge >= 0.3 is 5.95 Å². The number of anilines is 1. The van der Waals surface area contributed by atoms with Crippen molar-refractivity contribution in [2.24, 2.45) is 0 Å². The minimum absolute atomic E-state index is 0.150. The van der Waals surface area contributed by atoms with Crippen LogP contribution in [0, 0.1) is 5.82 Å². The van der Waals surface area contributed by atoms with E-state index in [4.69, 9.17) is 19.9 Å². The summed E-state index contributed by atoms with van der Waals surface area (Å²) in [4.78, 5) is 32.2. The number of amides is 1. The van der Waals surface area contributed by atoms with Crippen molar-refractivity contribution in [1.29, 1.82) is 0 Å². The van der Waals surface area contributed by atoms with Crippen molar-refractivity contribution in [2.45, 2.75) is 0 Å². The zero-order chi connectivity index (χ0) is 24.6. The first-order valence-corrected chi connectivity index (χ1v) is 11.7. The van der Waals surface area contributed by atoms with E-state index in [1.807, 2.05) is 20.2 Å². The third-order valence-electron chi connectivity index (χ3n) is 5.81. The molecule has 1 aliphatic rings. The minimum Gasteiger partial charge on any atom is -0.378 e. The zero-order valence-corrected chi connectivity index (χ0v) is 19.9. The van der Waals surface area contributed by atoms with Crippen LogP contribution in [0.25, 0.3) is 21.6 Å². The molecule has 12 heteroatoms. The summed E-state index contributed by atoms with van der Waals surface area (Å²) in [6, 6.07) is 8.12. The van der Waals surface area contributed by atoms with Gasteiger partial charge in [0, 0.05) is 37.1 Å². The van der Waals surface area contributed by atoms with Gasteiger partial charge in [-0.05, 0) is 24.3 Å². The Bertz CT molecular complexity index is 1370. The Morgan fingerprint density at radius 3 is 2.49 bits per heavy atom. The van der Waals surface area contributed by atoms with Crippen LogP contribution in [0.1, 0.15) is 10.4 Å². The van der Waals surface area contributed by atoms with Gasteiger partial charge in [-0.3, -0.25) is 10.0 Å². The largest absolute Gasteiger partial charge is 0.378 e. The van der Waals surface area contributed by atoms with Gasteiger partial charge in [0.1, 0.15) is 10.5 Å². The molecule has 1 amide bonds. The van der Waals surface area contributed by atoms with E-state index in [-0.39, 0.29) is 15.9 Å². The van der Waals surface area contributed by atoms with Gasteiger partial charge in [0.25, 0.3) is 5.91 Å². The molecule has 5 rings (SSSR count). The number of quaternary nitrogens is 1. The number of morpholine rings is 1. The highest BCUT2D eigenvalue weighted by Crippen LogP contribution is 2.42. The number of halogens is 1. The van der Waals surface area contributed by atoms with E-state index in [2.05, 4.69) is 14.9 Å². The topological polar surface area (TPSA) is 113 Å². The zero-order valence-electron chi connectivity index (χ0n) is 19.1. The minimum atomic E-state index is -0.678. The van der Waals surface area contributed by atoms with Crippen LogP contribution in [0.5, 0.6) is 0 Å². The molecule has 0 bridgehead atoms. The number of hydroxylamine groups is 1. The number of hydrogen-bond acceptors (Lipinski definition) is 9. The average molecular weight is 497 g/mol. The summed E-state index contributed by atoms with van der Waals surface area (Å²) < 4.78 is 20.2. The Balaban J connectivity index is 1.60. The van der Waals surface area contributed by atoms with Gasteiger partial charge in [-0.25, -0.2) is 24.3 Å². The van der Waals surface area contributed by atoms with E-state index >= 15 is 0 Å². The maximum absolute atomic E-state index is 13.5. The second-order valence-electron chi connectivity index (χ2n) is 8.44. The summed E-state index contributed by atoms with van der Waals surface area (Å²) in [5, 5.41) is 9.74. The fourth-order valence-corrected chi connectivity index (χ4v) is 4.95. The molecule has 0 spiro atoms. The number of thiophene rings is 1. The molecular formula is C23H23FN7O3S+. The Morgan fingerprint density at radius 2 is 1.83 bits per heavy atom. The van der Waals surface area contributed by atoms with Crippen LogP contribution in [-0.4, -0.2) is 71.4 Å². The van der Waals surface area contributed by atoms with Crippen LogP contribution >= 0.6 is 11.3 Å². The van der Waals surface area contributed by atoms with Gasteiger partial charge in [-0.15, -0.1) is 0 Å². The van der Waals surface area contributed by atoms with Gasteiger partial charge in [-0.2, -0.15) is 9.97 Å². The van der Waals surface area contributed by atoms with Gasteiger partial charge in [0.05, 0.1) is 38.4 Å². The smallest absolute Gasteiger partial charge is 0.334 e. The SMILES string of the molecule is C[N+](C)(c1ncc(C(=O)NO)cn1)c1cc2nc(-c3ccc(F)cc3)nc(N3CCOCC3)c2s1. The van der Waals surface area contributed by atoms with Crippen molar-refractivity contribution in [3.05, 3.63) is 54.1 Å². The van der Waals surface area contributed by atoms with Gasteiger partial charge < -0.3 is 9.64 Å². The van der Waals surface area contributed by atoms with Gasteiger partial charge in [-0.1, -0.05) is 11.3 Å². The third kappa shape index (κ3) is 4.44. The van der Waals surface area contributed by atoms with Crippen LogP contribution < -0.4 is 14.9 Å². The summed E-state index contributed by atoms with van der Waals surface area (Å²) in [5.41, 5.74) is 3.22. The van der Waals surface area contributed by atoms with Crippen LogP contribution in [0.3, 0.4) is 0 Å².